The Morgan fingerprint density at radius 1 is 0.750 bits per heavy atom. The molecule has 1 heterocycles. The quantitative estimate of drug-likeness (QED) is 0.233. The Morgan fingerprint density at radius 3 is 2.10 bits per heavy atom. The number of hydrogen-bond acceptors (Lipinski definition) is 2. The van der Waals surface area contributed by atoms with E-state index in [1.165, 1.54) is 11.1 Å². The van der Waals surface area contributed by atoms with Crippen molar-refractivity contribution in [2.45, 2.75) is 31.8 Å². The average molecular weight is 526 g/mol. The van der Waals surface area contributed by atoms with Crippen LogP contribution in [0, 0.1) is 12.7 Å². The largest absolute Gasteiger partial charge is 0.472 e. The lowest BCUT2D eigenvalue weighted by Crippen LogP contribution is -2.35. The molecule has 0 amide bonds. The van der Waals surface area contributed by atoms with Gasteiger partial charge in [0.2, 0.25) is 0 Å². The van der Waals surface area contributed by atoms with E-state index >= 15 is 0 Å². The van der Waals surface area contributed by atoms with Gasteiger partial charge in [0, 0.05) is 47.3 Å². The first-order valence-corrected chi connectivity index (χ1v) is 13.8. The van der Waals surface area contributed by atoms with Gasteiger partial charge in [0.1, 0.15) is 11.6 Å². The van der Waals surface area contributed by atoms with Gasteiger partial charge in [-0.2, -0.15) is 0 Å². The van der Waals surface area contributed by atoms with Gasteiger partial charge in [0.05, 0.1) is 0 Å². The zero-order valence-corrected chi connectivity index (χ0v) is 23.5. The Balaban J connectivity index is 1.54. The molecule has 0 saturated carbocycles. The minimum absolute atomic E-state index is 0.197. The highest BCUT2D eigenvalue weighted by Gasteiger charge is 2.44. The highest BCUT2D eigenvalue weighted by atomic mass is 19.1. The van der Waals surface area contributed by atoms with Crippen LogP contribution in [0.2, 0.25) is 0 Å². The van der Waals surface area contributed by atoms with Crippen molar-refractivity contribution < 1.29 is 9.13 Å². The van der Waals surface area contributed by atoms with Gasteiger partial charge in [0.15, 0.2) is 5.60 Å². The van der Waals surface area contributed by atoms with Crippen molar-refractivity contribution in [2.24, 2.45) is 0 Å². The number of anilines is 1. The average Bonchev–Trinajstić information content (AvgIpc) is 3.20. The standard InChI is InChI=1S/C37H32FNO/c1-23-21-26(38)22-31-32-28-13-9-10-14-29(28)35-30(34(32)36(2,3)33(23)31)19-20-37(40-35,24-11-7-6-8-12-24)25-15-17-27(18-16-25)39(4)5/h6-22H,1-5H3. The van der Waals surface area contributed by atoms with Gasteiger partial charge < -0.3 is 9.64 Å². The summed E-state index contributed by atoms with van der Waals surface area (Å²) in [6.07, 6.45) is 4.45. The number of benzene rings is 5. The van der Waals surface area contributed by atoms with E-state index in [1.54, 1.807) is 12.1 Å². The van der Waals surface area contributed by atoms with E-state index in [1.807, 2.05) is 13.0 Å². The Morgan fingerprint density at radius 2 is 1.40 bits per heavy atom. The summed E-state index contributed by atoms with van der Waals surface area (Å²) in [5.74, 6) is 0.675. The smallest absolute Gasteiger partial charge is 0.178 e. The molecule has 0 radical (unpaired) electrons. The third-order valence-corrected chi connectivity index (χ3v) is 8.79. The molecule has 1 unspecified atom stereocenters. The van der Waals surface area contributed by atoms with Crippen molar-refractivity contribution in [3.05, 3.63) is 136 Å². The van der Waals surface area contributed by atoms with E-state index in [0.29, 0.717) is 0 Å². The van der Waals surface area contributed by atoms with E-state index in [9.17, 15) is 4.39 Å². The van der Waals surface area contributed by atoms with Crippen LogP contribution in [0.4, 0.5) is 10.1 Å². The van der Waals surface area contributed by atoms with Gasteiger partial charge in [-0.05, 0) is 70.5 Å². The second-order valence-corrected chi connectivity index (χ2v) is 11.8. The maximum Gasteiger partial charge on any atom is 0.178 e. The lowest BCUT2D eigenvalue weighted by atomic mass is 9.76. The summed E-state index contributed by atoms with van der Waals surface area (Å²) in [6.45, 7) is 6.53. The van der Waals surface area contributed by atoms with Gasteiger partial charge in [-0.3, -0.25) is 0 Å². The fourth-order valence-corrected chi connectivity index (χ4v) is 7.09. The molecule has 5 aromatic rings. The third kappa shape index (κ3) is 3.33. The molecule has 40 heavy (non-hydrogen) atoms. The van der Waals surface area contributed by atoms with Crippen LogP contribution in [-0.4, -0.2) is 14.1 Å². The highest BCUT2D eigenvalue weighted by molar-refractivity contribution is 6.08. The van der Waals surface area contributed by atoms with Crippen LogP contribution in [0.1, 0.15) is 47.2 Å². The van der Waals surface area contributed by atoms with E-state index in [0.717, 1.165) is 55.6 Å². The molecule has 3 heteroatoms. The van der Waals surface area contributed by atoms with Gasteiger partial charge >= 0.3 is 0 Å². The molecule has 0 spiro atoms. The van der Waals surface area contributed by atoms with E-state index < -0.39 is 5.60 Å². The molecule has 0 fully saturated rings. The van der Waals surface area contributed by atoms with Crippen LogP contribution in [0.3, 0.4) is 0 Å². The normalized spacial score (nSPS) is 18.1. The third-order valence-electron chi connectivity index (χ3n) is 8.79. The minimum atomic E-state index is -0.798. The number of halogens is 1. The molecule has 1 aliphatic carbocycles. The predicted molar refractivity (Wildman–Crippen MR) is 164 cm³/mol. The Kier molecular flexibility index (Phi) is 5.28. The molecule has 7 rings (SSSR count). The van der Waals surface area contributed by atoms with Crippen LogP contribution in [0.25, 0.3) is 28.0 Å². The number of aryl methyl sites for hydroxylation is 1. The van der Waals surface area contributed by atoms with Crippen molar-refractivity contribution in [1.29, 1.82) is 0 Å². The summed E-state index contributed by atoms with van der Waals surface area (Å²) in [5, 5.41) is 2.13. The van der Waals surface area contributed by atoms with Crippen molar-refractivity contribution >= 4 is 22.5 Å². The predicted octanol–water partition coefficient (Wildman–Crippen LogP) is 9.01. The first kappa shape index (κ1) is 24.7. The molecule has 2 aliphatic rings. The SMILES string of the molecule is Cc1cc(F)cc2c1C(C)(C)c1c3c(c4ccccc4c1-2)OC(c1ccccc1)(c1ccc(N(C)C)cc1)C=C3. The maximum atomic E-state index is 14.8. The van der Waals surface area contributed by atoms with E-state index in [-0.39, 0.29) is 11.2 Å². The molecule has 1 aliphatic heterocycles. The molecule has 0 N–H and O–H groups in total. The van der Waals surface area contributed by atoms with Crippen LogP contribution in [-0.2, 0) is 11.0 Å². The van der Waals surface area contributed by atoms with E-state index in [2.05, 4.69) is 118 Å². The van der Waals surface area contributed by atoms with Gasteiger partial charge in [-0.1, -0.05) is 86.7 Å². The molecule has 198 valence electrons. The minimum Gasteiger partial charge on any atom is -0.472 e. The molecule has 2 nitrogen and oxygen atoms in total. The Labute approximate surface area is 235 Å². The highest BCUT2D eigenvalue weighted by Crippen LogP contribution is 2.58. The zero-order valence-electron chi connectivity index (χ0n) is 23.5. The number of fused-ring (bicyclic) bond motifs is 8. The topological polar surface area (TPSA) is 12.5 Å². The summed E-state index contributed by atoms with van der Waals surface area (Å²) in [7, 11) is 4.10. The molecule has 0 saturated heterocycles. The second-order valence-electron chi connectivity index (χ2n) is 11.8. The number of nitrogens with zero attached hydrogens (tertiary/aromatic N) is 1. The summed E-state index contributed by atoms with van der Waals surface area (Å²) in [4.78, 5) is 2.10. The fourth-order valence-electron chi connectivity index (χ4n) is 7.09. The lowest BCUT2D eigenvalue weighted by Gasteiger charge is -2.38. The first-order valence-electron chi connectivity index (χ1n) is 13.8. The summed E-state index contributed by atoms with van der Waals surface area (Å²) < 4.78 is 22.1. The molecule has 0 bridgehead atoms. The first-order chi connectivity index (χ1) is 19.2. The lowest BCUT2D eigenvalue weighted by molar-refractivity contribution is 0.163. The van der Waals surface area contributed by atoms with Gasteiger partial charge in [-0.15, -0.1) is 0 Å². The van der Waals surface area contributed by atoms with Crippen molar-refractivity contribution in [1.82, 2.24) is 0 Å². The van der Waals surface area contributed by atoms with Crippen LogP contribution >= 0.6 is 0 Å². The number of ether oxygens (including phenoxy) is 1. The molecular formula is C37H32FNO. The second kappa shape index (κ2) is 8.56. The summed E-state index contributed by atoms with van der Waals surface area (Å²) in [5.41, 5.74) is 8.71. The van der Waals surface area contributed by atoms with Gasteiger partial charge in [0.25, 0.3) is 0 Å². The molecular weight excluding hydrogens is 493 g/mol. The molecule has 1 atom stereocenters. The summed E-state index contributed by atoms with van der Waals surface area (Å²) >= 11 is 0. The molecule has 5 aromatic carbocycles. The van der Waals surface area contributed by atoms with Gasteiger partial charge in [-0.25, -0.2) is 4.39 Å². The summed E-state index contributed by atoms with van der Waals surface area (Å²) in [6, 6.07) is 30.8. The molecule has 0 aromatic heterocycles. The maximum absolute atomic E-state index is 14.8. The van der Waals surface area contributed by atoms with E-state index in [4.69, 9.17) is 4.74 Å². The van der Waals surface area contributed by atoms with Crippen LogP contribution in [0.5, 0.6) is 5.75 Å². The van der Waals surface area contributed by atoms with Crippen molar-refractivity contribution in [3.8, 4) is 16.9 Å². The number of hydrogen-bond donors (Lipinski definition) is 0. The van der Waals surface area contributed by atoms with Crippen LogP contribution in [0.15, 0.2) is 97.1 Å². The fraction of sp³-hybridized carbons (Fsp3) is 0.189. The van der Waals surface area contributed by atoms with Crippen LogP contribution < -0.4 is 9.64 Å². The van der Waals surface area contributed by atoms with Crippen molar-refractivity contribution in [2.75, 3.05) is 19.0 Å². The Hall–Kier alpha value is -4.37. The van der Waals surface area contributed by atoms with Crippen molar-refractivity contribution in [3.63, 3.8) is 0 Å². The number of rotatable bonds is 3. The monoisotopic (exact) mass is 525 g/mol. The Bertz CT molecular complexity index is 1830. The zero-order chi connectivity index (χ0) is 27.8.